The van der Waals surface area contributed by atoms with Gasteiger partial charge in [0.25, 0.3) is 0 Å². The highest BCUT2D eigenvalue weighted by atomic mass is 35.5. The molecule has 0 saturated heterocycles. The van der Waals surface area contributed by atoms with E-state index in [-0.39, 0.29) is 6.61 Å². The summed E-state index contributed by atoms with van der Waals surface area (Å²) in [7, 11) is 1.70. The van der Waals surface area contributed by atoms with Crippen LogP contribution in [0, 0.1) is 5.92 Å². The van der Waals surface area contributed by atoms with Crippen LogP contribution in [-0.4, -0.2) is 31.9 Å². The van der Waals surface area contributed by atoms with Gasteiger partial charge in [-0.25, -0.2) is 0 Å². The molecule has 0 radical (unpaired) electrons. The summed E-state index contributed by atoms with van der Waals surface area (Å²) >= 11 is 6.13. The van der Waals surface area contributed by atoms with Crippen LogP contribution in [0.15, 0.2) is 18.2 Å². The van der Waals surface area contributed by atoms with Gasteiger partial charge in [0.15, 0.2) is 0 Å². The number of methoxy groups -OCH3 is 1. The van der Waals surface area contributed by atoms with E-state index in [4.69, 9.17) is 21.4 Å². The summed E-state index contributed by atoms with van der Waals surface area (Å²) in [4.78, 5) is 2.25. The molecule has 0 fully saturated rings. The minimum absolute atomic E-state index is 0.0264. The molecular formula is C14H22ClNO2. The monoisotopic (exact) mass is 271 g/mol. The van der Waals surface area contributed by atoms with Crippen LogP contribution in [0.1, 0.15) is 19.4 Å². The molecule has 0 unspecified atom stereocenters. The molecule has 1 N–H and O–H groups in total. The molecule has 0 atom stereocenters. The van der Waals surface area contributed by atoms with E-state index in [2.05, 4.69) is 18.7 Å². The Morgan fingerprint density at radius 1 is 1.39 bits per heavy atom. The summed E-state index contributed by atoms with van der Waals surface area (Å²) < 4.78 is 5.14. The van der Waals surface area contributed by atoms with Crippen LogP contribution in [0.2, 0.25) is 5.02 Å². The van der Waals surface area contributed by atoms with Gasteiger partial charge in [-0.2, -0.15) is 0 Å². The van der Waals surface area contributed by atoms with E-state index >= 15 is 0 Å². The Morgan fingerprint density at radius 3 is 2.61 bits per heavy atom. The van der Waals surface area contributed by atoms with Crippen molar-refractivity contribution >= 4 is 17.3 Å². The molecule has 1 rings (SSSR count). The summed E-state index contributed by atoms with van der Waals surface area (Å²) in [5, 5.41) is 9.73. The fourth-order valence-corrected chi connectivity index (χ4v) is 2.06. The number of ether oxygens (including phenoxy) is 1. The lowest BCUT2D eigenvalue weighted by Crippen LogP contribution is -2.30. The molecule has 4 heteroatoms. The lowest BCUT2D eigenvalue weighted by molar-refractivity contribution is 0.204. The number of nitrogens with zero attached hydrogens (tertiary/aromatic N) is 1. The van der Waals surface area contributed by atoms with Crippen LogP contribution in [0.25, 0.3) is 0 Å². The van der Waals surface area contributed by atoms with Crippen molar-refractivity contribution in [3.63, 3.8) is 0 Å². The molecule has 0 amide bonds. The van der Waals surface area contributed by atoms with Crippen molar-refractivity contribution in [3.05, 3.63) is 28.8 Å². The highest BCUT2D eigenvalue weighted by Crippen LogP contribution is 2.24. The van der Waals surface area contributed by atoms with Gasteiger partial charge in [0.1, 0.15) is 0 Å². The van der Waals surface area contributed by atoms with Crippen molar-refractivity contribution in [1.82, 2.24) is 0 Å². The second-order valence-corrected chi connectivity index (χ2v) is 5.17. The number of hydrogen-bond acceptors (Lipinski definition) is 3. The molecule has 0 aliphatic carbocycles. The summed E-state index contributed by atoms with van der Waals surface area (Å²) in [6.07, 6.45) is 0. The van der Waals surface area contributed by atoms with Gasteiger partial charge < -0.3 is 14.7 Å². The topological polar surface area (TPSA) is 32.7 Å². The normalized spacial score (nSPS) is 11.0. The minimum atomic E-state index is -0.0264. The first-order chi connectivity index (χ1) is 8.58. The summed E-state index contributed by atoms with van der Waals surface area (Å²) in [6.45, 7) is 6.82. The Labute approximate surface area is 114 Å². The standard InChI is InChI=1S/C14H22ClNO2/c1-11(2)9-16(6-7-18-3)13-5-4-12(10-17)14(15)8-13/h4-5,8,11,17H,6-7,9-10H2,1-3H3. The summed E-state index contributed by atoms with van der Waals surface area (Å²) in [6, 6.07) is 5.78. The Bertz CT molecular complexity index is 369. The fourth-order valence-electron chi connectivity index (χ4n) is 1.83. The third-order valence-electron chi connectivity index (χ3n) is 2.72. The Kier molecular flexibility index (Phi) is 6.47. The Hall–Kier alpha value is -0.770. The maximum atomic E-state index is 9.12. The molecule has 102 valence electrons. The van der Waals surface area contributed by atoms with E-state index < -0.39 is 0 Å². The predicted molar refractivity (Wildman–Crippen MR) is 76.3 cm³/mol. The molecule has 1 aromatic rings. The van der Waals surface area contributed by atoms with Crippen LogP contribution >= 0.6 is 11.6 Å². The van der Waals surface area contributed by atoms with E-state index in [0.29, 0.717) is 17.5 Å². The largest absolute Gasteiger partial charge is 0.392 e. The lowest BCUT2D eigenvalue weighted by Gasteiger charge is -2.27. The average molecular weight is 272 g/mol. The molecule has 0 aliphatic heterocycles. The molecule has 0 saturated carbocycles. The maximum absolute atomic E-state index is 9.12. The third kappa shape index (κ3) is 4.48. The van der Waals surface area contributed by atoms with Gasteiger partial charge in [-0.15, -0.1) is 0 Å². The van der Waals surface area contributed by atoms with Crippen molar-refractivity contribution < 1.29 is 9.84 Å². The maximum Gasteiger partial charge on any atom is 0.0696 e. The van der Waals surface area contributed by atoms with Gasteiger partial charge in [-0.1, -0.05) is 31.5 Å². The molecular weight excluding hydrogens is 250 g/mol. The van der Waals surface area contributed by atoms with Crippen molar-refractivity contribution in [1.29, 1.82) is 0 Å². The fraction of sp³-hybridized carbons (Fsp3) is 0.571. The predicted octanol–water partition coefficient (Wildman–Crippen LogP) is 2.94. The number of anilines is 1. The SMILES string of the molecule is COCCN(CC(C)C)c1ccc(CO)c(Cl)c1. The van der Waals surface area contributed by atoms with E-state index in [0.717, 1.165) is 24.3 Å². The van der Waals surface area contributed by atoms with Crippen LogP contribution in [0.4, 0.5) is 5.69 Å². The van der Waals surface area contributed by atoms with Crippen molar-refractivity contribution in [3.8, 4) is 0 Å². The molecule has 0 spiro atoms. The Balaban J connectivity index is 2.86. The quantitative estimate of drug-likeness (QED) is 0.828. The molecule has 1 aromatic carbocycles. The molecule has 18 heavy (non-hydrogen) atoms. The zero-order valence-corrected chi connectivity index (χ0v) is 12.1. The second-order valence-electron chi connectivity index (χ2n) is 4.77. The molecule has 0 aliphatic rings. The first-order valence-corrected chi connectivity index (χ1v) is 6.59. The number of rotatable bonds is 7. The van der Waals surface area contributed by atoms with E-state index in [1.54, 1.807) is 7.11 Å². The lowest BCUT2D eigenvalue weighted by atomic mass is 10.1. The van der Waals surface area contributed by atoms with E-state index in [9.17, 15) is 0 Å². The number of halogens is 1. The average Bonchev–Trinajstić information content (AvgIpc) is 2.34. The van der Waals surface area contributed by atoms with Gasteiger partial charge in [0, 0.05) is 30.9 Å². The second kappa shape index (κ2) is 7.62. The first kappa shape index (κ1) is 15.3. The highest BCUT2D eigenvalue weighted by molar-refractivity contribution is 6.31. The van der Waals surface area contributed by atoms with Gasteiger partial charge in [-0.05, 0) is 23.6 Å². The number of hydrogen-bond donors (Lipinski definition) is 1. The van der Waals surface area contributed by atoms with Crippen LogP contribution in [-0.2, 0) is 11.3 Å². The zero-order chi connectivity index (χ0) is 13.5. The van der Waals surface area contributed by atoms with Gasteiger partial charge >= 0.3 is 0 Å². The van der Waals surface area contributed by atoms with Crippen LogP contribution in [0.5, 0.6) is 0 Å². The number of aliphatic hydroxyl groups is 1. The van der Waals surface area contributed by atoms with E-state index in [1.165, 1.54) is 0 Å². The smallest absolute Gasteiger partial charge is 0.0696 e. The van der Waals surface area contributed by atoms with Crippen molar-refractivity contribution in [2.45, 2.75) is 20.5 Å². The summed E-state index contributed by atoms with van der Waals surface area (Å²) in [5.74, 6) is 0.568. The van der Waals surface area contributed by atoms with Crippen LogP contribution < -0.4 is 4.90 Å². The third-order valence-corrected chi connectivity index (χ3v) is 3.07. The minimum Gasteiger partial charge on any atom is -0.392 e. The highest BCUT2D eigenvalue weighted by Gasteiger charge is 2.10. The van der Waals surface area contributed by atoms with Gasteiger partial charge in [0.2, 0.25) is 0 Å². The molecule has 0 aromatic heterocycles. The molecule has 0 bridgehead atoms. The zero-order valence-electron chi connectivity index (χ0n) is 11.3. The van der Waals surface area contributed by atoms with E-state index in [1.807, 2.05) is 18.2 Å². The Morgan fingerprint density at radius 2 is 2.11 bits per heavy atom. The van der Waals surface area contributed by atoms with Gasteiger partial charge in [0.05, 0.1) is 13.2 Å². The van der Waals surface area contributed by atoms with Gasteiger partial charge in [-0.3, -0.25) is 0 Å². The number of aliphatic hydroxyl groups excluding tert-OH is 1. The first-order valence-electron chi connectivity index (χ1n) is 6.21. The molecule has 0 heterocycles. The summed E-state index contributed by atoms with van der Waals surface area (Å²) in [5.41, 5.74) is 1.83. The number of benzene rings is 1. The molecule has 3 nitrogen and oxygen atoms in total. The van der Waals surface area contributed by atoms with Crippen molar-refractivity contribution in [2.75, 3.05) is 31.7 Å². The van der Waals surface area contributed by atoms with Crippen LogP contribution in [0.3, 0.4) is 0 Å². The van der Waals surface area contributed by atoms with Crippen molar-refractivity contribution in [2.24, 2.45) is 5.92 Å².